The third-order valence-corrected chi connectivity index (χ3v) is 15.6. The number of allylic oxidation sites excluding steroid dienone is 1. The standard InChI is InChI=1S/C39H62O12/c1-17-9-12-39(46-16-17)18(2)28-26(51-39)15-25-23-8-7-21-13-22(40)14-27(38(21,6)24(23)10-11-37(25,28)5)49-36-34(32(44)30(42)20(4)48-36)50-35-33(45)31(43)29(41)19(3)47-35/h7,17-20,22-36,40-45H,8-16H2,1-6H3/t17?,18?,19-,20+,22+,23?,24?,25?,26?,27+,28?,29-,30-,31+,32-,33+,34+,35-,36-,37?,38?,39?/m0/s1. The van der Waals surface area contributed by atoms with Crippen LogP contribution in [-0.4, -0.2) is 123 Å². The van der Waals surface area contributed by atoms with Crippen molar-refractivity contribution in [1.82, 2.24) is 0 Å². The predicted molar refractivity (Wildman–Crippen MR) is 182 cm³/mol. The van der Waals surface area contributed by atoms with Crippen LogP contribution in [0.4, 0.5) is 0 Å². The van der Waals surface area contributed by atoms with Crippen LogP contribution in [-0.2, 0) is 28.4 Å². The summed E-state index contributed by atoms with van der Waals surface area (Å²) >= 11 is 0. The number of fused-ring (bicyclic) bond motifs is 7. The van der Waals surface area contributed by atoms with Gasteiger partial charge in [0.05, 0.1) is 37.1 Å². The first-order chi connectivity index (χ1) is 24.1. The highest BCUT2D eigenvalue weighted by Crippen LogP contribution is 2.71. The summed E-state index contributed by atoms with van der Waals surface area (Å²) in [6.07, 6.45) is -4.22. The second-order valence-electron chi connectivity index (χ2n) is 18.3. The summed E-state index contributed by atoms with van der Waals surface area (Å²) in [4.78, 5) is 0. The van der Waals surface area contributed by atoms with Gasteiger partial charge < -0.3 is 59.1 Å². The molecule has 7 fully saturated rings. The van der Waals surface area contributed by atoms with E-state index in [-0.39, 0.29) is 11.5 Å². The zero-order valence-corrected chi connectivity index (χ0v) is 31.0. The lowest BCUT2D eigenvalue weighted by atomic mass is 9.46. The molecule has 0 aromatic carbocycles. The van der Waals surface area contributed by atoms with Gasteiger partial charge in [-0.3, -0.25) is 0 Å². The molecule has 12 heteroatoms. The zero-order valence-electron chi connectivity index (χ0n) is 31.0. The van der Waals surface area contributed by atoms with E-state index in [0.717, 1.165) is 45.1 Å². The first kappa shape index (κ1) is 37.2. The van der Waals surface area contributed by atoms with Gasteiger partial charge in [-0.25, -0.2) is 0 Å². The van der Waals surface area contributed by atoms with Crippen molar-refractivity contribution in [2.45, 2.75) is 178 Å². The zero-order chi connectivity index (χ0) is 36.4. The average molecular weight is 723 g/mol. The van der Waals surface area contributed by atoms with Crippen molar-refractivity contribution in [3.63, 3.8) is 0 Å². The first-order valence-corrected chi connectivity index (χ1v) is 19.8. The number of rotatable bonds is 4. The summed E-state index contributed by atoms with van der Waals surface area (Å²) in [6.45, 7) is 13.4. The van der Waals surface area contributed by atoms with Gasteiger partial charge in [0.2, 0.25) is 0 Å². The molecule has 0 aromatic rings. The molecular weight excluding hydrogens is 660 g/mol. The summed E-state index contributed by atoms with van der Waals surface area (Å²) in [5, 5.41) is 64.8. The molecule has 51 heavy (non-hydrogen) atoms. The molecule has 4 heterocycles. The second kappa shape index (κ2) is 13.2. The van der Waals surface area contributed by atoms with Crippen molar-refractivity contribution in [1.29, 1.82) is 0 Å². The maximum absolute atomic E-state index is 11.3. The molecule has 0 bridgehead atoms. The van der Waals surface area contributed by atoms with Gasteiger partial charge >= 0.3 is 0 Å². The van der Waals surface area contributed by atoms with E-state index in [0.29, 0.717) is 48.3 Å². The maximum atomic E-state index is 11.3. The van der Waals surface area contributed by atoms with Gasteiger partial charge in [-0.15, -0.1) is 0 Å². The van der Waals surface area contributed by atoms with E-state index in [1.807, 2.05) is 0 Å². The lowest BCUT2D eigenvalue weighted by Gasteiger charge is -2.60. The van der Waals surface area contributed by atoms with Crippen LogP contribution in [0, 0.1) is 46.3 Å². The van der Waals surface area contributed by atoms with Crippen LogP contribution in [0.1, 0.15) is 92.9 Å². The Balaban J connectivity index is 1.05. The Morgan fingerprint density at radius 2 is 1.47 bits per heavy atom. The molecule has 8 rings (SSSR count). The summed E-state index contributed by atoms with van der Waals surface area (Å²) in [6, 6.07) is 0. The van der Waals surface area contributed by atoms with Crippen LogP contribution in [0.5, 0.6) is 0 Å². The number of ether oxygens (including phenoxy) is 6. The number of hydrogen-bond donors (Lipinski definition) is 6. The molecule has 0 amide bonds. The highest BCUT2D eigenvalue weighted by Gasteiger charge is 2.69. The van der Waals surface area contributed by atoms with Gasteiger partial charge in [0.1, 0.15) is 36.6 Å². The Bertz CT molecular complexity index is 1320. The largest absolute Gasteiger partial charge is 0.393 e. The smallest absolute Gasteiger partial charge is 0.187 e. The van der Waals surface area contributed by atoms with Gasteiger partial charge in [-0.2, -0.15) is 0 Å². The molecule has 290 valence electrons. The summed E-state index contributed by atoms with van der Waals surface area (Å²) in [7, 11) is 0. The van der Waals surface area contributed by atoms with Gasteiger partial charge in [0.25, 0.3) is 0 Å². The Kier molecular flexibility index (Phi) is 9.62. The third kappa shape index (κ3) is 5.67. The minimum absolute atomic E-state index is 0.130. The molecule has 4 aliphatic carbocycles. The fraction of sp³-hybridized carbons (Fsp3) is 0.949. The number of aliphatic hydroxyl groups is 6. The van der Waals surface area contributed by atoms with Gasteiger partial charge in [0, 0.05) is 24.2 Å². The molecular formula is C39H62O12. The van der Waals surface area contributed by atoms with E-state index in [9.17, 15) is 30.6 Å². The van der Waals surface area contributed by atoms with Crippen molar-refractivity contribution in [3.05, 3.63) is 11.6 Å². The Morgan fingerprint density at radius 3 is 2.18 bits per heavy atom. The lowest BCUT2D eigenvalue weighted by molar-refractivity contribution is -0.371. The average Bonchev–Trinajstić information content (AvgIpc) is 3.54. The molecule has 6 N–H and O–H groups in total. The lowest BCUT2D eigenvalue weighted by Crippen LogP contribution is -2.64. The van der Waals surface area contributed by atoms with Crippen LogP contribution in [0.15, 0.2) is 11.6 Å². The van der Waals surface area contributed by atoms with Crippen LogP contribution in [0.3, 0.4) is 0 Å². The Morgan fingerprint density at radius 1 is 0.765 bits per heavy atom. The molecule has 4 saturated heterocycles. The Hall–Kier alpha value is -0.740. The van der Waals surface area contributed by atoms with Crippen LogP contribution < -0.4 is 0 Å². The topological polar surface area (TPSA) is 177 Å². The first-order valence-electron chi connectivity index (χ1n) is 19.8. The highest BCUT2D eigenvalue weighted by atomic mass is 16.8. The number of hydrogen-bond acceptors (Lipinski definition) is 12. The monoisotopic (exact) mass is 722 g/mol. The molecule has 10 unspecified atom stereocenters. The predicted octanol–water partition coefficient (Wildman–Crippen LogP) is 2.39. The SMILES string of the molecule is CC1CCC2(OC1)OC1CC3C4CC=C5C[C@@H](O)C[C@@H](O[C@@H]6O[C@H](C)[C@H](O)[C@H](O)[C@H]6O[C@@H]6O[C@@H](C)[C@H](O)[C@@H](O)[C@H]6O)C5(C)C4CCC3(C)C1C2C. The fourth-order valence-corrected chi connectivity index (χ4v) is 12.6. The van der Waals surface area contributed by atoms with E-state index in [4.69, 9.17) is 28.4 Å². The highest BCUT2D eigenvalue weighted by molar-refractivity contribution is 5.29. The van der Waals surface area contributed by atoms with Crippen molar-refractivity contribution in [2.75, 3.05) is 6.61 Å². The van der Waals surface area contributed by atoms with Gasteiger partial charge in [-0.05, 0) is 87.4 Å². The third-order valence-electron chi connectivity index (χ3n) is 15.6. The normalized spacial score (nSPS) is 59.8. The van der Waals surface area contributed by atoms with Crippen molar-refractivity contribution >= 4 is 0 Å². The van der Waals surface area contributed by atoms with Gasteiger partial charge in [0.15, 0.2) is 18.4 Å². The minimum atomic E-state index is -1.61. The van der Waals surface area contributed by atoms with Gasteiger partial charge in [-0.1, -0.05) is 39.3 Å². The van der Waals surface area contributed by atoms with Crippen LogP contribution in [0.25, 0.3) is 0 Å². The summed E-state index contributed by atoms with van der Waals surface area (Å²) in [5.41, 5.74) is 0.900. The van der Waals surface area contributed by atoms with Crippen molar-refractivity contribution in [3.8, 4) is 0 Å². The van der Waals surface area contributed by atoms with E-state index in [1.54, 1.807) is 13.8 Å². The van der Waals surface area contributed by atoms with Crippen molar-refractivity contribution < 1.29 is 59.1 Å². The van der Waals surface area contributed by atoms with E-state index >= 15 is 0 Å². The molecule has 22 atom stereocenters. The van der Waals surface area contributed by atoms with E-state index < -0.39 is 84.8 Å². The maximum Gasteiger partial charge on any atom is 0.187 e. The molecule has 0 radical (unpaired) electrons. The van der Waals surface area contributed by atoms with E-state index in [1.165, 1.54) is 5.57 Å². The Labute approximate surface area is 301 Å². The minimum Gasteiger partial charge on any atom is -0.393 e. The molecule has 4 aliphatic heterocycles. The molecule has 8 aliphatic rings. The second-order valence-corrected chi connectivity index (χ2v) is 18.3. The molecule has 12 nitrogen and oxygen atoms in total. The molecule has 1 spiro atoms. The van der Waals surface area contributed by atoms with Crippen LogP contribution in [0.2, 0.25) is 0 Å². The fourth-order valence-electron chi connectivity index (χ4n) is 12.6. The summed E-state index contributed by atoms with van der Waals surface area (Å²) in [5.74, 6) is 2.06. The van der Waals surface area contributed by atoms with Crippen LogP contribution >= 0.6 is 0 Å². The molecule has 0 aromatic heterocycles. The van der Waals surface area contributed by atoms with E-state index in [2.05, 4.69) is 33.8 Å². The summed E-state index contributed by atoms with van der Waals surface area (Å²) < 4.78 is 38.4. The molecule has 3 saturated carbocycles. The number of aliphatic hydroxyl groups excluding tert-OH is 6. The quantitative estimate of drug-likeness (QED) is 0.234. The van der Waals surface area contributed by atoms with Crippen molar-refractivity contribution in [2.24, 2.45) is 46.3 Å².